The van der Waals surface area contributed by atoms with Gasteiger partial charge in [-0.15, -0.1) is 0 Å². The fraction of sp³-hybridized carbons (Fsp3) is 0.200. The number of ether oxygens (including phenoxy) is 2. The molecule has 0 unspecified atom stereocenters. The van der Waals surface area contributed by atoms with Gasteiger partial charge in [0.05, 0.1) is 36.8 Å². The quantitative estimate of drug-likeness (QED) is 0.436. The molecule has 9 heteroatoms. The first kappa shape index (κ1) is 22.8. The molecular formula is C25H23N3O6. The summed E-state index contributed by atoms with van der Waals surface area (Å²) in [5.41, 5.74) is 1.75. The lowest BCUT2D eigenvalue weighted by Gasteiger charge is -2.39. The van der Waals surface area contributed by atoms with Crippen LogP contribution in [0.25, 0.3) is 0 Å². The van der Waals surface area contributed by atoms with Crippen molar-refractivity contribution in [2.45, 2.75) is 12.0 Å². The minimum atomic E-state index is -0.781. The van der Waals surface area contributed by atoms with E-state index in [1.807, 2.05) is 12.1 Å². The van der Waals surface area contributed by atoms with E-state index in [0.717, 1.165) is 5.56 Å². The lowest BCUT2D eigenvalue weighted by molar-refractivity contribution is -0.384. The topological polar surface area (TPSA) is 111 Å². The van der Waals surface area contributed by atoms with Gasteiger partial charge in [0, 0.05) is 24.7 Å². The van der Waals surface area contributed by atoms with E-state index in [-0.39, 0.29) is 23.0 Å². The number of carbonyl (C=O) groups is 2. The zero-order valence-electron chi connectivity index (χ0n) is 18.8. The van der Waals surface area contributed by atoms with E-state index < -0.39 is 22.8 Å². The first-order chi connectivity index (χ1) is 16.3. The third-order valence-electron chi connectivity index (χ3n) is 5.97. The van der Waals surface area contributed by atoms with E-state index in [1.165, 1.54) is 25.3 Å². The van der Waals surface area contributed by atoms with Crippen LogP contribution in [0.2, 0.25) is 0 Å². The lowest BCUT2D eigenvalue weighted by Crippen LogP contribution is -2.44. The third kappa shape index (κ3) is 4.03. The number of non-ortho nitro benzene ring substituents is 1. The van der Waals surface area contributed by atoms with E-state index in [2.05, 4.69) is 5.32 Å². The van der Waals surface area contributed by atoms with Gasteiger partial charge in [-0.05, 0) is 35.4 Å². The molecule has 0 radical (unpaired) electrons. The molecule has 3 aromatic carbocycles. The average molecular weight is 461 g/mol. The summed E-state index contributed by atoms with van der Waals surface area (Å²) in [4.78, 5) is 39.2. The Morgan fingerprint density at radius 3 is 2.38 bits per heavy atom. The van der Waals surface area contributed by atoms with Crippen LogP contribution in [0.15, 0.2) is 66.7 Å². The molecule has 9 nitrogen and oxygen atoms in total. The summed E-state index contributed by atoms with van der Waals surface area (Å²) in [6, 6.07) is 17.5. The first-order valence-electron chi connectivity index (χ1n) is 10.5. The number of carbonyl (C=O) groups excluding carboxylic acids is 2. The van der Waals surface area contributed by atoms with Crippen molar-refractivity contribution in [2.75, 3.05) is 26.6 Å². The Hall–Kier alpha value is -4.40. The highest BCUT2D eigenvalue weighted by atomic mass is 16.6. The van der Waals surface area contributed by atoms with Gasteiger partial charge < -0.3 is 19.7 Å². The monoisotopic (exact) mass is 461 g/mol. The predicted octanol–water partition coefficient (Wildman–Crippen LogP) is 4.16. The van der Waals surface area contributed by atoms with Crippen LogP contribution in [-0.2, 0) is 4.79 Å². The second-order valence-electron chi connectivity index (χ2n) is 7.83. The number of likely N-dealkylation sites (N-methyl/N-ethyl adjacent to an activating group) is 1. The molecule has 174 valence electrons. The van der Waals surface area contributed by atoms with Crippen molar-refractivity contribution >= 4 is 23.2 Å². The van der Waals surface area contributed by atoms with Crippen LogP contribution in [0, 0.1) is 10.1 Å². The minimum absolute atomic E-state index is 0.173. The van der Waals surface area contributed by atoms with E-state index >= 15 is 0 Å². The Kier molecular flexibility index (Phi) is 6.18. The average Bonchev–Trinajstić information content (AvgIpc) is 2.86. The predicted molar refractivity (Wildman–Crippen MR) is 125 cm³/mol. The zero-order valence-corrected chi connectivity index (χ0v) is 18.8. The molecule has 2 amide bonds. The van der Waals surface area contributed by atoms with E-state index in [0.29, 0.717) is 16.9 Å². The number of nitro groups is 1. The molecule has 1 aliphatic rings. The van der Waals surface area contributed by atoms with Gasteiger partial charge in [-0.2, -0.15) is 0 Å². The number of hydrogen-bond donors (Lipinski definition) is 1. The molecule has 3 aromatic rings. The summed E-state index contributed by atoms with van der Waals surface area (Å²) in [6.07, 6.45) is 0. The highest BCUT2D eigenvalue weighted by Crippen LogP contribution is 2.43. The zero-order chi connectivity index (χ0) is 24.4. The number of anilines is 1. The Labute approximate surface area is 196 Å². The van der Waals surface area contributed by atoms with Gasteiger partial charge >= 0.3 is 0 Å². The number of nitrogens with one attached hydrogen (secondary N) is 1. The maximum Gasteiger partial charge on any atom is 0.271 e. The highest BCUT2D eigenvalue weighted by molar-refractivity contribution is 6.04. The fourth-order valence-electron chi connectivity index (χ4n) is 4.29. The van der Waals surface area contributed by atoms with Crippen molar-refractivity contribution in [1.82, 2.24) is 4.90 Å². The third-order valence-corrected chi connectivity index (χ3v) is 5.97. The number of rotatable bonds is 6. The van der Waals surface area contributed by atoms with Crippen LogP contribution in [0.4, 0.5) is 11.4 Å². The molecule has 1 aliphatic heterocycles. The summed E-state index contributed by atoms with van der Waals surface area (Å²) >= 11 is 0. The molecule has 0 aromatic heterocycles. The van der Waals surface area contributed by atoms with Crippen LogP contribution >= 0.6 is 0 Å². The van der Waals surface area contributed by atoms with Gasteiger partial charge in [0.1, 0.15) is 11.5 Å². The van der Waals surface area contributed by atoms with E-state index in [1.54, 1.807) is 55.5 Å². The van der Waals surface area contributed by atoms with Crippen molar-refractivity contribution in [2.24, 2.45) is 0 Å². The van der Waals surface area contributed by atoms with Crippen molar-refractivity contribution in [3.63, 3.8) is 0 Å². The Morgan fingerprint density at radius 1 is 1.03 bits per heavy atom. The molecule has 0 saturated heterocycles. The van der Waals surface area contributed by atoms with Gasteiger partial charge in [-0.1, -0.05) is 30.3 Å². The molecule has 1 heterocycles. The van der Waals surface area contributed by atoms with Crippen molar-refractivity contribution in [3.8, 4) is 11.5 Å². The van der Waals surface area contributed by atoms with Gasteiger partial charge in [-0.25, -0.2) is 0 Å². The number of fused-ring (bicyclic) bond motifs is 1. The van der Waals surface area contributed by atoms with Crippen LogP contribution in [0.3, 0.4) is 0 Å². The normalized spacial score (nSPS) is 17.0. The minimum Gasteiger partial charge on any atom is -0.497 e. The van der Waals surface area contributed by atoms with Crippen molar-refractivity contribution < 1.29 is 24.0 Å². The maximum atomic E-state index is 13.7. The molecule has 0 bridgehead atoms. The number of nitro benzene ring substituents is 1. The largest absolute Gasteiger partial charge is 0.497 e. The van der Waals surface area contributed by atoms with Gasteiger partial charge in [0.2, 0.25) is 5.91 Å². The van der Waals surface area contributed by atoms with Crippen molar-refractivity contribution in [1.29, 1.82) is 0 Å². The Morgan fingerprint density at radius 2 is 1.74 bits per heavy atom. The number of methoxy groups -OCH3 is 2. The number of hydrogen-bond acceptors (Lipinski definition) is 6. The molecular weight excluding hydrogens is 438 g/mol. The van der Waals surface area contributed by atoms with Crippen LogP contribution in [-0.4, -0.2) is 42.9 Å². The Balaban J connectivity index is 1.81. The Bertz CT molecular complexity index is 1260. The van der Waals surface area contributed by atoms with E-state index in [4.69, 9.17) is 9.47 Å². The standard InChI is InChI=1S/C25H23N3O6/c1-27-23(15-8-11-17(33-2)12-9-15)22(18-6-4-5-7-19(18)25(27)30)24(29)26-20-14-16(28(31)32)10-13-21(20)34-3/h4-14,22-23H,1-3H3,(H,26,29)/t22-,23-/m1/s1. The molecule has 34 heavy (non-hydrogen) atoms. The first-order valence-corrected chi connectivity index (χ1v) is 10.5. The molecule has 0 fully saturated rings. The molecule has 0 spiro atoms. The van der Waals surface area contributed by atoms with Crippen LogP contribution in [0.5, 0.6) is 11.5 Å². The fourth-order valence-corrected chi connectivity index (χ4v) is 4.29. The van der Waals surface area contributed by atoms with E-state index in [9.17, 15) is 19.7 Å². The summed E-state index contributed by atoms with van der Waals surface area (Å²) in [5.74, 6) is -0.471. The van der Waals surface area contributed by atoms with Gasteiger partial charge in [0.15, 0.2) is 0 Å². The summed E-state index contributed by atoms with van der Waals surface area (Å²) in [7, 11) is 4.63. The van der Waals surface area contributed by atoms with Gasteiger partial charge in [0.25, 0.3) is 11.6 Å². The van der Waals surface area contributed by atoms with Crippen LogP contribution in [0.1, 0.15) is 33.4 Å². The number of benzene rings is 3. The molecule has 1 N–H and O–H groups in total. The van der Waals surface area contributed by atoms with Crippen LogP contribution < -0.4 is 14.8 Å². The second-order valence-corrected chi connectivity index (χ2v) is 7.83. The SMILES string of the molecule is COc1ccc([C@@H]2[C@H](C(=O)Nc3cc([N+](=O)[O-])ccc3OC)c3ccccc3C(=O)N2C)cc1. The smallest absolute Gasteiger partial charge is 0.271 e. The number of amides is 2. The summed E-state index contributed by atoms with van der Waals surface area (Å²) < 4.78 is 10.5. The second kappa shape index (κ2) is 9.22. The molecule has 0 aliphatic carbocycles. The lowest BCUT2D eigenvalue weighted by atomic mass is 9.79. The summed E-state index contributed by atoms with van der Waals surface area (Å²) in [6.45, 7) is 0. The number of nitrogens with zero attached hydrogens (tertiary/aromatic N) is 2. The summed E-state index contributed by atoms with van der Waals surface area (Å²) in [5, 5.41) is 14.1. The highest BCUT2D eigenvalue weighted by Gasteiger charge is 2.42. The maximum absolute atomic E-state index is 13.7. The molecule has 2 atom stereocenters. The molecule has 4 rings (SSSR count). The van der Waals surface area contributed by atoms with Crippen molar-refractivity contribution in [3.05, 3.63) is 93.5 Å². The van der Waals surface area contributed by atoms with Gasteiger partial charge in [-0.3, -0.25) is 19.7 Å². The molecule has 0 saturated carbocycles.